The summed E-state index contributed by atoms with van der Waals surface area (Å²) in [6, 6.07) is 5.04. The molecular formula is C17H24FN3. The quantitative estimate of drug-likeness (QED) is 0.840. The first kappa shape index (κ1) is 14.4. The molecule has 3 nitrogen and oxygen atoms in total. The molecule has 0 unspecified atom stereocenters. The number of benzene rings is 1. The maximum atomic E-state index is 13.2. The van der Waals surface area contributed by atoms with Gasteiger partial charge in [-0.15, -0.1) is 0 Å². The minimum Gasteiger partial charge on any atom is -0.353 e. The molecule has 1 aromatic carbocycles. The highest BCUT2D eigenvalue weighted by Crippen LogP contribution is 2.46. The number of nitrogens with one attached hydrogen (secondary N) is 2. The number of hydrogen-bond donors (Lipinski definition) is 2. The average molecular weight is 289 g/mol. The van der Waals surface area contributed by atoms with Crippen LogP contribution in [0.25, 0.3) is 11.0 Å². The molecule has 1 aliphatic rings. The minimum absolute atomic E-state index is 0.238. The second kappa shape index (κ2) is 4.72. The summed E-state index contributed by atoms with van der Waals surface area (Å²) in [5.41, 5.74) is 2.20. The third kappa shape index (κ3) is 3.20. The van der Waals surface area contributed by atoms with Gasteiger partial charge in [-0.25, -0.2) is 9.37 Å². The van der Waals surface area contributed by atoms with E-state index in [1.54, 1.807) is 6.07 Å². The van der Waals surface area contributed by atoms with Crippen molar-refractivity contribution in [1.29, 1.82) is 0 Å². The van der Waals surface area contributed by atoms with Crippen LogP contribution in [0.5, 0.6) is 0 Å². The van der Waals surface area contributed by atoms with Crippen molar-refractivity contribution in [3.63, 3.8) is 0 Å². The molecule has 1 aliphatic carbocycles. The predicted molar refractivity (Wildman–Crippen MR) is 84.9 cm³/mol. The number of halogens is 1. The van der Waals surface area contributed by atoms with Crippen LogP contribution < -0.4 is 5.32 Å². The molecular weight excluding hydrogens is 265 g/mol. The lowest BCUT2D eigenvalue weighted by Gasteiger charge is -2.45. The maximum absolute atomic E-state index is 13.2. The summed E-state index contributed by atoms with van der Waals surface area (Å²) in [7, 11) is 0. The molecule has 4 heteroatoms. The van der Waals surface area contributed by atoms with Gasteiger partial charge in [0.05, 0.1) is 11.0 Å². The Balaban J connectivity index is 1.81. The third-order valence-corrected chi connectivity index (χ3v) is 4.34. The normalized spacial score (nSPS) is 21.6. The van der Waals surface area contributed by atoms with Gasteiger partial charge in [0.25, 0.3) is 0 Å². The summed E-state index contributed by atoms with van der Waals surface area (Å²) in [5.74, 6) is 0.506. The van der Waals surface area contributed by atoms with Gasteiger partial charge in [0.2, 0.25) is 5.95 Å². The molecule has 0 atom stereocenters. The smallest absolute Gasteiger partial charge is 0.201 e. The van der Waals surface area contributed by atoms with Crippen molar-refractivity contribution in [2.75, 3.05) is 5.32 Å². The third-order valence-electron chi connectivity index (χ3n) is 4.34. The standard InChI is InChI=1S/C17H24FN3/c1-16(2)8-12(9-17(3,4)10-16)19-15-20-13-6-5-11(18)7-14(13)21-15/h5-7,12H,8-10H2,1-4H3,(H2,19,20,21). The van der Waals surface area contributed by atoms with Gasteiger partial charge in [-0.3, -0.25) is 0 Å². The molecule has 0 radical (unpaired) electrons. The average Bonchev–Trinajstić information content (AvgIpc) is 2.65. The first-order valence-corrected chi connectivity index (χ1v) is 7.64. The molecule has 0 bridgehead atoms. The number of imidazole rings is 1. The Hall–Kier alpha value is -1.58. The highest BCUT2D eigenvalue weighted by molar-refractivity contribution is 5.77. The van der Waals surface area contributed by atoms with E-state index in [1.165, 1.54) is 18.6 Å². The number of nitrogens with zero attached hydrogens (tertiary/aromatic N) is 1. The molecule has 0 amide bonds. The van der Waals surface area contributed by atoms with Crippen LogP contribution in [0.1, 0.15) is 47.0 Å². The number of H-pyrrole nitrogens is 1. The van der Waals surface area contributed by atoms with E-state index in [2.05, 4.69) is 43.0 Å². The number of rotatable bonds is 2. The molecule has 0 aliphatic heterocycles. The molecule has 2 N–H and O–H groups in total. The SMILES string of the molecule is CC1(C)CC(Nc2nc3ccc(F)cc3[nH]2)CC(C)(C)C1. The fourth-order valence-electron chi connectivity index (χ4n) is 4.19. The largest absolute Gasteiger partial charge is 0.353 e. The van der Waals surface area contributed by atoms with Crippen molar-refractivity contribution in [1.82, 2.24) is 9.97 Å². The molecule has 0 spiro atoms. The van der Waals surface area contributed by atoms with Gasteiger partial charge < -0.3 is 10.3 Å². The fraction of sp³-hybridized carbons (Fsp3) is 0.588. The Morgan fingerprint density at radius 2 is 1.86 bits per heavy atom. The van der Waals surface area contributed by atoms with Crippen molar-refractivity contribution >= 4 is 17.0 Å². The van der Waals surface area contributed by atoms with Crippen LogP contribution in [0.15, 0.2) is 18.2 Å². The molecule has 3 rings (SSSR count). The Labute approximate surface area is 125 Å². The zero-order valence-corrected chi connectivity index (χ0v) is 13.3. The summed E-state index contributed by atoms with van der Waals surface area (Å²) in [4.78, 5) is 7.69. The van der Waals surface area contributed by atoms with Crippen LogP contribution in [0, 0.1) is 16.6 Å². The highest BCUT2D eigenvalue weighted by atomic mass is 19.1. The Morgan fingerprint density at radius 1 is 1.19 bits per heavy atom. The van der Waals surface area contributed by atoms with E-state index < -0.39 is 0 Å². The molecule has 1 saturated carbocycles. The first-order valence-electron chi connectivity index (χ1n) is 7.64. The fourth-order valence-corrected chi connectivity index (χ4v) is 4.19. The predicted octanol–water partition coefficient (Wildman–Crippen LogP) is 4.72. The lowest BCUT2D eigenvalue weighted by atomic mass is 9.63. The second-order valence-electron chi connectivity index (χ2n) is 8.00. The second-order valence-corrected chi connectivity index (χ2v) is 8.00. The summed E-state index contributed by atoms with van der Waals surface area (Å²) in [5, 5.41) is 3.51. The molecule has 1 heterocycles. The highest BCUT2D eigenvalue weighted by Gasteiger charge is 2.38. The number of anilines is 1. The molecule has 114 valence electrons. The summed E-state index contributed by atoms with van der Waals surface area (Å²) < 4.78 is 13.2. The van der Waals surface area contributed by atoms with Gasteiger partial charge in [-0.05, 0) is 48.3 Å². The lowest BCUT2D eigenvalue weighted by Crippen LogP contribution is -2.40. The van der Waals surface area contributed by atoms with E-state index in [0.717, 1.165) is 29.8 Å². The number of hydrogen-bond acceptors (Lipinski definition) is 2. The monoisotopic (exact) mass is 289 g/mol. The molecule has 1 aromatic heterocycles. The summed E-state index contributed by atoms with van der Waals surface area (Å²) in [6.45, 7) is 9.32. The number of aromatic amines is 1. The van der Waals surface area contributed by atoms with E-state index in [4.69, 9.17) is 0 Å². The van der Waals surface area contributed by atoms with Crippen molar-refractivity contribution < 1.29 is 4.39 Å². The molecule has 0 saturated heterocycles. The van der Waals surface area contributed by atoms with E-state index in [1.807, 2.05) is 0 Å². The Morgan fingerprint density at radius 3 is 2.52 bits per heavy atom. The summed E-state index contributed by atoms with van der Waals surface area (Å²) >= 11 is 0. The van der Waals surface area contributed by atoms with Gasteiger partial charge in [-0.1, -0.05) is 27.7 Å². The van der Waals surface area contributed by atoms with Crippen LogP contribution in [0.4, 0.5) is 10.3 Å². The van der Waals surface area contributed by atoms with Crippen molar-refractivity contribution in [3.05, 3.63) is 24.0 Å². The van der Waals surface area contributed by atoms with E-state index in [0.29, 0.717) is 16.9 Å². The Bertz CT molecular complexity index is 641. The first-order chi connectivity index (χ1) is 9.72. The van der Waals surface area contributed by atoms with E-state index in [9.17, 15) is 4.39 Å². The van der Waals surface area contributed by atoms with Crippen LogP contribution in [0.3, 0.4) is 0 Å². The zero-order valence-electron chi connectivity index (χ0n) is 13.3. The molecule has 21 heavy (non-hydrogen) atoms. The van der Waals surface area contributed by atoms with Gasteiger partial charge in [-0.2, -0.15) is 0 Å². The van der Waals surface area contributed by atoms with Gasteiger partial charge in [0.15, 0.2) is 0 Å². The van der Waals surface area contributed by atoms with Crippen LogP contribution >= 0.6 is 0 Å². The van der Waals surface area contributed by atoms with Crippen molar-refractivity contribution in [2.45, 2.75) is 53.0 Å². The summed E-state index contributed by atoms with van der Waals surface area (Å²) in [6.07, 6.45) is 3.49. The van der Waals surface area contributed by atoms with Crippen molar-refractivity contribution in [3.8, 4) is 0 Å². The minimum atomic E-state index is -0.238. The van der Waals surface area contributed by atoms with Gasteiger partial charge in [0.1, 0.15) is 5.82 Å². The van der Waals surface area contributed by atoms with Gasteiger partial charge >= 0.3 is 0 Å². The number of fused-ring (bicyclic) bond motifs is 1. The lowest BCUT2D eigenvalue weighted by molar-refractivity contribution is 0.105. The van der Waals surface area contributed by atoms with Crippen LogP contribution in [-0.4, -0.2) is 16.0 Å². The molecule has 2 aromatic rings. The maximum Gasteiger partial charge on any atom is 0.201 e. The van der Waals surface area contributed by atoms with E-state index in [-0.39, 0.29) is 5.82 Å². The molecule has 1 fully saturated rings. The van der Waals surface area contributed by atoms with E-state index >= 15 is 0 Å². The van der Waals surface area contributed by atoms with Crippen LogP contribution in [0.2, 0.25) is 0 Å². The van der Waals surface area contributed by atoms with Gasteiger partial charge in [0, 0.05) is 6.04 Å². The van der Waals surface area contributed by atoms with Crippen LogP contribution in [-0.2, 0) is 0 Å². The number of aromatic nitrogens is 2. The zero-order chi connectivity index (χ0) is 15.3. The topological polar surface area (TPSA) is 40.7 Å². The Kier molecular flexibility index (Phi) is 3.23. The van der Waals surface area contributed by atoms with Crippen molar-refractivity contribution in [2.24, 2.45) is 10.8 Å².